The Morgan fingerprint density at radius 2 is 1.78 bits per heavy atom. The van der Waals surface area contributed by atoms with Crippen LogP contribution in [0.25, 0.3) is 0 Å². The van der Waals surface area contributed by atoms with Crippen molar-refractivity contribution in [3.8, 4) is 0 Å². The van der Waals surface area contributed by atoms with Crippen LogP contribution in [0.5, 0.6) is 0 Å². The van der Waals surface area contributed by atoms with Crippen LogP contribution in [0, 0.1) is 17.8 Å². The van der Waals surface area contributed by atoms with Gasteiger partial charge in [-0.05, 0) is 63.7 Å². The highest BCUT2D eigenvalue weighted by Crippen LogP contribution is 2.42. The minimum absolute atomic E-state index is 0.0214. The van der Waals surface area contributed by atoms with E-state index >= 15 is 0 Å². The lowest BCUT2D eigenvalue weighted by Crippen LogP contribution is -2.19. The Balaban J connectivity index is 2.26. The molecule has 3 heteroatoms. The van der Waals surface area contributed by atoms with Crippen molar-refractivity contribution in [2.45, 2.75) is 117 Å². The third kappa shape index (κ3) is 10.3. The average Bonchev–Trinajstić information content (AvgIpc) is 2.86. The Bertz CT molecular complexity index is 416. The smallest absolute Gasteiger partial charge is 0.306 e. The highest BCUT2D eigenvalue weighted by Gasteiger charge is 2.38. The molecule has 0 amide bonds. The first-order chi connectivity index (χ1) is 13.0. The maximum absolute atomic E-state index is 11.5. The third-order valence-electron chi connectivity index (χ3n) is 5.97. The molecule has 1 saturated carbocycles. The lowest BCUT2D eigenvalue weighted by atomic mass is 9.83. The molecule has 1 N–H and O–H groups in total. The first-order valence-corrected chi connectivity index (χ1v) is 11.5. The van der Waals surface area contributed by atoms with Crippen LogP contribution in [0.3, 0.4) is 0 Å². The van der Waals surface area contributed by atoms with Crippen molar-refractivity contribution in [3.63, 3.8) is 0 Å². The van der Waals surface area contributed by atoms with Gasteiger partial charge in [0.15, 0.2) is 0 Å². The lowest BCUT2D eigenvalue weighted by molar-refractivity contribution is -0.147. The highest BCUT2D eigenvalue weighted by atomic mass is 16.5. The number of allylic oxidation sites excluding steroid dienone is 2. The molecule has 158 valence electrons. The number of ether oxygens (including phenoxy) is 1. The molecular formula is C24H44O3. The van der Waals surface area contributed by atoms with E-state index in [-0.39, 0.29) is 18.2 Å². The van der Waals surface area contributed by atoms with E-state index in [4.69, 9.17) is 4.74 Å². The van der Waals surface area contributed by atoms with Crippen molar-refractivity contribution in [1.29, 1.82) is 0 Å². The Kier molecular flexibility index (Phi) is 12.7. The minimum atomic E-state index is -0.111. The zero-order chi connectivity index (χ0) is 20.1. The summed E-state index contributed by atoms with van der Waals surface area (Å²) in [5.41, 5.74) is 0. The number of aliphatic hydroxyl groups is 1. The molecule has 1 aliphatic carbocycles. The van der Waals surface area contributed by atoms with Gasteiger partial charge in [-0.3, -0.25) is 4.79 Å². The van der Waals surface area contributed by atoms with E-state index in [0.717, 1.165) is 25.7 Å². The molecule has 0 saturated heterocycles. The molecule has 0 aliphatic heterocycles. The van der Waals surface area contributed by atoms with Crippen molar-refractivity contribution in [3.05, 3.63) is 12.2 Å². The first-order valence-electron chi connectivity index (χ1n) is 11.5. The number of unbranched alkanes of at least 4 members (excludes halogenated alkanes) is 6. The third-order valence-corrected chi connectivity index (χ3v) is 5.97. The molecule has 0 aromatic carbocycles. The van der Waals surface area contributed by atoms with Crippen LogP contribution < -0.4 is 0 Å². The SMILES string of the molecule is CCCCCCCC[C@@H]1[C@@H](C/C=C\CCCC(=O)OC(C)C)[C@@H](C)C[C@H]1O. The van der Waals surface area contributed by atoms with E-state index in [1.165, 1.54) is 44.9 Å². The standard InChI is InChI=1S/C24H44O3/c1-5-6-7-8-9-13-16-22-21(20(4)18-23(22)25)15-12-10-11-14-17-24(26)27-19(2)3/h10,12,19-23,25H,5-9,11,13-18H2,1-4H3/b12-10-/t20-,21-,22+,23+/m0/s1. The number of hydrogen-bond acceptors (Lipinski definition) is 3. The molecule has 1 fully saturated rings. The summed E-state index contributed by atoms with van der Waals surface area (Å²) in [5.74, 6) is 1.59. The predicted molar refractivity (Wildman–Crippen MR) is 114 cm³/mol. The van der Waals surface area contributed by atoms with Gasteiger partial charge in [0.25, 0.3) is 0 Å². The summed E-state index contributed by atoms with van der Waals surface area (Å²) >= 11 is 0. The Hall–Kier alpha value is -0.830. The zero-order valence-corrected chi connectivity index (χ0v) is 18.3. The quantitative estimate of drug-likeness (QED) is 0.214. The number of hydrogen-bond donors (Lipinski definition) is 1. The normalized spacial score (nSPS) is 25.6. The molecule has 27 heavy (non-hydrogen) atoms. The van der Waals surface area contributed by atoms with Crippen molar-refractivity contribution in [2.24, 2.45) is 17.8 Å². The molecule has 4 atom stereocenters. The summed E-state index contributed by atoms with van der Waals surface area (Å²) in [6.07, 6.45) is 17.8. The maximum atomic E-state index is 11.5. The van der Waals surface area contributed by atoms with E-state index in [2.05, 4.69) is 26.0 Å². The molecule has 0 aromatic heterocycles. The van der Waals surface area contributed by atoms with E-state index < -0.39 is 0 Å². The zero-order valence-electron chi connectivity index (χ0n) is 18.3. The van der Waals surface area contributed by atoms with Gasteiger partial charge in [-0.15, -0.1) is 0 Å². The van der Waals surface area contributed by atoms with Crippen molar-refractivity contribution >= 4 is 5.97 Å². The summed E-state index contributed by atoms with van der Waals surface area (Å²) in [4.78, 5) is 11.5. The summed E-state index contributed by atoms with van der Waals surface area (Å²) in [5, 5.41) is 10.5. The fourth-order valence-corrected chi connectivity index (χ4v) is 4.47. The van der Waals surface area contributed by atoms with Gasteiger partial charge < -0.3 is 9.84 Å². The van der Waals surface area contributed by atoms with Crippen LogP contribution in [-0.4, -0.2) is 23.3 Å². The van der Waals surface area contributed by atoms with Crippen LogP contribution in [0.15, 0.2) is 12.2 Å². The van der Waals surface area contributed by atoms with Crippen molar-refractivity contribution < 1.29 is 14.6 Å². The summed E-state index contributed by atoms with van der Waals surface area (Å²) in [6, 6.07) is 0. The van der Waals surface area contributed by atoms with Gasteiger partial charge >= 0.3 is 5.97 Å². The molecule has 1 aliphatic rings. The number of esters is 1. The fraction of sp³-hybridized carbons (Fsp3) is 0.875. The molecule has 0 spiro atoms. The van der Waals surface area contributed by atoms with Crippen LogP contribution in [-0.2, 0) is 9.53 Å². The average molecular weight is 381 g/mol. The van der Waals surface area contributed by atoms with Crippen LogP contribution in [0.2, 0.25) is 0 Å². The van der Waals surface area contributed by atoms with Gasteiger partial charge in [0.1, 0.15) is 0 Å². The largest absolute Gasteiger partial charge is 0.463 e. The Morgan fingerprint density at radius 3 is 2.48 bits per heavy atom. The number of aliphatic hydroxyl groups excluding tert-OH is 1. The van der Waals surface area contributed by atoms with Gasteiger partial charge in [0.05, 0.1) is 12.2 Å². The van der Waals surface area contributed by atoms with E-state index in [0.29, 0.717) is 24.2 Å². The first kappa shape index (κ1) is 24.2. The van der Waals surface area contributed by atoms with Crippen molar-refractivity contribution in [2.75, 3.05) is 0 Å². The van der Waals surface area contributed by atoms with Gasteiger partial charge in [0.2, 0.25) is 0 Å². The summed E-state index contributed by atoms with van der Waals surface area (Å²) < 4.78 is 5.16. The molecular weight excluding hydrogens is 336 g/mol. The molecule has 0 heterocycles. The Morgan fingerprint density at radius 1 is 1.07 bits per heavy atom. The molecule has 0 aromatic rings. The van der Waals surface area contributed by atoms with Crippen molar-refractivity contribution in [1.82, 2.24) is 0 Å². The summed E-state index contributed by atoms with van der Waals surface area (Å²) in [7, 11) is 0. The highest BCUT2D eigenvalue weighted by molar-refractivity contribution is 5.69. The number of rotatable bonds is 14. The van der Waals surface area contributed by atoms with Crippen LogP contribution in [0.4, 0.5) is 0 Å². The van der Waals surface area contributed by atoms with Gasteiger partial charge in [-0.2, -0.15) is 0 Å². The summed E-state index contributed by atoms with van der Waals surface area (Å²) in [6.45, 7) is 8.32. The van der Waals surface area contributed by atoms with E-state index in [9.17, 15) is 9.90 Å². The molecule has 1 rings (SSSR count). The minimum Gasteiger partial charge on any atom is -0.463 e. The molecule has 3 nitrogen and oxygen atoms in total. The Labute approximate surface area is 168 Å². The lowest BCUT2D eigenvalue weighted by Gasteiger charge is -2.23. The monoisotopic (exact) mass is 380 g/mol. The van der Waals surface area contributed by atoms with E-state index in [1.807, 2.05) is 13.8 Å². The van der Waals surface area contributed by atoms with Crippen LogP contribution in [0.1, 0.15) is 105 Å². The second kappa shape index (κ2) is 14.2. The second-order valence-electron chi connectivity index (χ2n) is 8.80. The van der Waals surface area contributed by atoms with Crippen LogP contribution >= 0.6 is 0 Å². The predicted octanol–water partition coefficient (Wildman–Crippen LogP) is 6.44. The van der Waals surface area contributed by atoms with E-state index in [1.54, 1.807) is 0 Å². The second-order valence-corrected chi connectivity index (χ2v) is 8.80. The molecule has 0 bridgehead atoms. The topological polar surface area (TPSA) is 46.5 Å². The number of carbonyl (C=O) groups is 1. The molecule has 0 radical (unpaired) electrons. The van der Waals surface area contributed by atoms with Gasteiger partial charge in [0, 0.05) is 6.42 Å². The number of carbonyl (C=O) groups excluding carboxylic acids is 1. The molecule has 0 unspecified atom stereocenters. The maximum Gasteiger partial charge on any atom is 0.306 e. The van der Waals surface area contributed by atoms with Gasteiger partial charge in [-0.25, -0.2) is 0 Å². The van der Waals surface area contributed by atoms with Gasteiger partial charge in [-0.1, -0.05) is 64.5 Å². The fourth-order valence-electron chi connectivity index (χ4n) is 4.47.